The van der Waals surface area contributed by atoms with Crippen LogP contribution < -0.4 is 25.0 Å². The van der Waals surface area contributed by atoms with Crippen molar-refractivity contribution >= 4 is 27.9 Å². The third kappa shape index (κ3) is 7.62. The molecule has 0 radical (unpaired) electrons. The van der Waals surface area contributed by atoms with E-state index in [1.165, 1.54) is 24.3 Å². The van der Waals surface area contributed by atoms with Crippen LogP contribution in [0.25, 0.3) is 6.08 Å². The van der Waals surface area contributed by atoms with Gasteiger partial charge in [0.2, 0.25) is 10.0 Å². The second kappa shape index (κ2) is 11.0. The number of hydrogen-bond acceptors (Lipinski definition) is 6. The average Bonchev–Trinajstić information content (AvgIpc) is 3.61. The topological polar surface area (TPSA) is 123 Å². The molecule has 176 valence electrons. The first-order chi connectivity index (χ1) is 15.8. The lowest BCUT2D eigenvalue weighted by atomic mass is 10.2. The molecule has 0 bridgehead atoms. The van der Waals surface area contributed by atoms with E-state index in [2.05, 4.69) is 15.6 Å². The van der Waals surface area contributed by atoms with Crippen LogP contribution in [0.2, 0.25) is 0 Å². The number of carbonyl (C=O) groups is 2. The molecule has 0 aliphatic heterocycles. The molecular formula is C23H27N3O6S. The Morgan fingerprint density at radius 3 is 2.27 bits per heavy atom. The highest BCUT2D eigenvalue weighted by Crippen LogP contribution is 2.22. The molecule has 0 aromatic heterocycles. The van der Waals surface area contributed by atoms with Crippen LogP contribution in [-0.4, -0.2) is 39.0 Å². The van der Waals surface area contributed by atoms with E-state index in [4.69, 9.17) is 9.47 Å². The van der Waals surface area contributed by atoms with Gasteiger partial charge in [0.1, 0.15) is 11.5 Å². The third-order valence-corrected chi connectivity index (χ3v) is 6.18. The Morgan fingerprint density at radius 1 is 1.03 bits per heavy atom. The third-order valence-electron chi connectivity index (χ3n) is 4.64. The fraction of sp³-hybridized carbons (Fsp3) is 0.304. The van der Waals surface area contributed by atoms with Crippen molar-refractivity contribution in [2.45, 2.75) is 43.7 Å². The Balaban J connectivity index is 1.44. The molecule has 1 fully saturated rings. The predicted octanol–water partition coefficient (Wildman–Crippen LogP) is 2.15. The molecule has 1 aliphatic rings. The molecule has 1 atom stereocenters. The number of carbonyl (C=O) groups excluding carboxylic acids is 2. The zero-order valence-corrected chi connectivity index (χ0v) is 19.2. The van der Waals surface area contributed by atoms with Crippen LogP contribution >= 0.6 is 0 Å². The minimum atomic E-state index is -3.52. The molecule has 1 aliphatic carbocycles. The number of ether oxygens (including phenoxy) is 2. The summed E-state index contributed by atoms with van der Waals surface area (Å²) in [5.41, 5.74) is 5.21. The minimum Gasteiger partial charge on any atom is -0.494 e. The van der Waals surface area contributed by atoms with E-state index in [9.17, 15) is 18.0 Å². The normalized spacial score (nSPS) is 14.5. The van der Waals surface area contributed by atoms with E-state index < -0.39 is 27.9 Å². The number of sulfonamides is 1. The quantitative estimate of drug-likeness (QED) is 0.359. The van der Waals surface area contributed by atoms with Gasteiger partial charge in [-0.15, -0.1) is 0 Å². The molecule has 2 aromatic carbocycles. The molecule has 0 spiro atoms. The van der Waals surface area contributed by atoms with Crippen molar-refractivity contribution in [1.82, 2.24) is 15.6 Å². The Bertz CT molecular complexity index is 1090. The van der Waals surface area contributed by atoms with Crippen molar-refractivity contribution in [2.75, 3.05) is 6.61 Å². The highest BCUT2D eigenvalue weighted by Gasteiger charge is 2.27. The maximum Gasteiger partial charge on any atom is 0.279 e. The molecule has 2 aromatic rings. The highest BCUT2D eigenvalue weighted by atomic mass is 32.2. The molecule has 0 heterocycles. The Morgan fingerprint density at radius 2 is 1.67 bits per heavy atom. The van der Waals surface area contributed by atoms with E-state index in [0.717, 1.165) is 12.8 Å². The van der Waals surface area contributed by atoms with Gasteiger partial charge in [0.05, 0.1) is 11.5 Å². The van der Waals surface area contributed by atoms with Crippen LogP contribution in [0.15, 0.2) is 59.5 Å². The molecule has 3 rings (SSSR count). The lowest BCUT2D eigenvalue weighted by Crippen LogP contribution is -2.46. The van der Waals surface area contributed by atoms with Gasteiger partial charge in [0.25, 0.3) is 11.8 Å². The highest BCUT2D eigenvalue weighted by molar-refractivity contribution is 7.89. The van der Waals surface area contributed by atoms with E-state index in [-0.39, 0.29) is 10.9 Å². The first-order valence-electron chi connectivity index (χ1n) is 10.6. The van der Waals surface area contributed by atoms with E-state index in [0.29, 0.717) is 23.7 Å². The van der Waals surface area contributed by atoms with Crippen molar-refractivity contribution in [3.05, 3.63) is 60.2 Å². The van der Waals surface area contributed by atoms with E-state index >= 15 is 0 Å². The van der Waals surface area contributed by atoms with Crippen molar-refractivity contribution < 1.29 is 27.5 Å². The van der Waals surface area contributed by atoms with Crippen LogP contribution in [0.4, 0.5) is 0 Å². The second-order valence-electron chi connectivity index (χ2n) is 7.44. The summed E-state index contributed by atoms with van der Waals surface area (Å²) in [6.07, 6.45) is 3.61. The molecular weight excluding hydrogens is 446 g/mol. The van der Waals surface area contributed by atoms with Crippen molar-refractivity contribution in [2.24, 2.45) is 0 Å². The second-order valence-corrected chi connectivity index (χ2v) is 9.15. The van der Waals surface area contributed by atoms with Crippen molar-refractivity contribution in [3.63, 3.8) is 0 Å². The summed E-state index contributed by atoms with van der Waals surface area (Å²) in [4.78, 5) is 24.3. The van der Waals surface area contributed by atoms with Gasteiger partial charge in [-0.25, -0.2) is 13.1 Å². The molecule has 0 saturated heterocycles. The van der Waals surface area contributed by atoms with Crippen LogP contribution in [0, 0.1) is 0 Å². The van der Waals surface area contributed by atoms with Crippen LogP contribution in [0.5, 0.6) is 11.5 Å². The van der Waals surface area contributed by atoms with Gasteiger partial charge >= 0.3 is 0 Å². The van der Waals surface area contributed by atoms with Gasteiger partial charge < -0.3 is 9.47 Å². The summed E-state index contributed by atoms with van der Waals surface area (Å²) >= 11 is 0. The van der Waals surface area contributed by atoms with E-state index in [1.807, 2.05) is 6.92 Å². The fourth-order valence-electron chi connectivity index (χ4n) is 2.72. The summed E-state index contributed by atoms with van der Waals surface area (Å²) in [5, 5.41) is 0. The summed E-state index contributed by atoms with van der Waals surface area (Å²) in [6.45, 7) is 4.00. The fourth-order valence-corrected chi connectivity index (χ4v) is 4.03. The molecule has 2 amide bonds. The molecule has 3 N–H and O–H groups in total. The first kappa shape index (κ1) is 24.3. The van der Waals surface area contributed by atoms with Crippen molar-refractivity contribution in [3.8, 4) is 11.5 Å². The number of hydrogen-bond donors (Lipinski definition) is 3. The lowest BCUT2D eigenvalue weighted by Gasteiger charge is -2.15. The zero-order chi connectivity index (χ0) is 23.8. The number of nitrogens with one attached hydrogen (secondary N) is 3. The maximum absolute atomic E-state index is 12.2. The maximum atomic E-state index is 12.2. The first-order valence-corrected chi connectivity index (χ1v) is 12.0. The summed E-state index contributed by atoms with van der Waals surface area (Å²) in [7, 11) is -3.52. The molecule has 1 unspecified atom stereocenters. The van der Waals surface area contributed by atoms with Gasteiger partial charge in [-0.05, 0) is 74.7 Å². The minimum absolute atomic E-state index is 0.0301. The number of rotatable bonds is 10. The molecule has 9 nitrogen and oxygen atoms in total. The standard InChI is InChI=1S/C23H27N3O6S/c1-3-31-19-9-11-20(12-10-19)32-16(2)23(28)25-24-22(27)15-6-17-4-13-21(14-5-17)33(29,30)26-18-7-8-18/h4-6,9-16,18,26H,3,7-8H2,1-2H3,(H,24,27)(H,25,28)/b15-6+. The van der Waals surface area contributed by atoms with E-state index in [1.54, 1.807) is 43.3 Å². The van der Waals surface area contributed by atoms with Gasteiger partial charge in [-0.1, -0.05) is 12.1 Å². The SMILES string of the molecule is CCOc1ccc(OC(C)C(=O)NNC(=O)/C=C/c2ccc(S(=O)(=O)NC3CC3)cc2)cc1. The number of benzene rings is 2. The van der Waals surface area contributed by atoms with Crippen molar-refractivity contribution in [1.29, 1.82) is 0 Å². The Hall–Kier alpha value is -3.37. The lowest BCUT2D eigenvalue weighted by molar-refractivity contribution is -0.131. The van der Waals surface area contributed by atoms with Gasteiger partial charge in [0.15, 0.2) is 6.10 Å². The number of hydrazine groups is 1. The smallest absolute Gasteiger partial charge is 0.279 e. The van der Waals surface area contributed by atoms with Crippen LogP contribution in [0.1, 0.15) is 32.3 Å². The van der Waals surface area contributed by atoms with Crippen LogP contribution in [-0.2, 0) is 19.6 Å². The van der Waals surface area contributed by atoms with Crippen LogP contribution in [0.3, 0.4) is 0 Å². The van der Waals surface area contributed by atoms with Gasteiger partial charge in [-0.3, -0.25) is 20.4 Å². The largest absolute Gasteiger partial charge is 0.494 e. The summed E-state index contributed by atoms with van der Waals surface area (Å²) in [5.74, 6) is 0.115. The monoisotopic (exact) mass is 473 g/mol. The summed E-state index contributed by atoms with van der Waals surface area (Å²) < 4.78 is 37.8. The molecule has 33 heavy (non-hydrogen) atoms. The average molecular weight is 474 g/mol. The molecule has 1 saturated carbocycles. The predicted molar refractivity (Wildman–Crippen MR) is 123 cm³/mol. The molecule has 10 heteroatoms. The number of amides is 2. The summed E-state index contributed by atoms with van der Waals surface area (Å²) in [6, 6.07) is 13.0. The Kier molecular flexibility index (Phi) is 8.07. The Labute approximate surface area is 193 Å². The van der Waals surface area contributed by atoms with Gasteiger partial charge in [0, 0.05) is 12.1 Å². The zero-order valence-electron chi connectivity index (χ0n) is 18.4. The van der Waals surface area contributed by atoms with Gasteiger partial charge in [-0.2, -0.15) is 0 Å².